The zero-order valence-corrected chi connectivity index (χ0v) is 9.09. The van der Waals surface area contributed by atoms with Gasteiger partial charge in [0.05, 0.1) is 11.6 Å². The quantitative estimate of drug-likeness (QED) is 0.700. The highest BCUT2D eigenvalue weighted by Gasteiger charge is 2.01. The topological polar surface area (TPSA) is 49.8 Å². The molecular formula is C13H14N2. The molecule has 1 aromatic rings. The fourth-order valence-corrected chi connectivity index (χ4v) is 1.45. The molecule has 0 fully saturated rings. The van der Waals surface area contributed by atoms with Gasteiger partial charge in [-0.1, -0.05) is 11.8 Å². The van der Waals surface area contributed by atoms with Crippen LogP contribution in [0.4, 0.5) is 0 Å². The summed E-state index contributed by atoms with van der Waals surface area (Å²) in [7, 11) is 0. The fourth-order valence-electron chi connectivity index (χ4n) is 1.45. The second-order valence-corrected chi connectivity index (χ2v) is 3.44. The van der Waals surface area contributed by atoms with E-state index < -0.39 is 0 Å². The fraction of sp³-hybridized carbons (Fsp3) is 0.308. The lowest BCUT2D eigenvalue weighted by molar-refractivity contribution is 1.03. The summed E-state index contributed by atoms with van der Waals surface area (Å²) >= 11 is 0. The van der Waals surface area contributed by atoms with Gasteiger partial charge in [-0.2, -0.15) is 5.26 Å². The first kappa shape index (κ1) is 11.3. The van der Waals surface area contributed by atoms with E-state index in [2.05, 4.69) is 17.9 Å². The van der Waals surface area contributed by atoms with Crippen molar-refractivity contribution in [3.63, 3.8) is 0 Å². The summed E-state index contributed by atoms with van der Waals surface area (Å²) in [6, 6.07) is 5.86. The number of nitriles is 1. The summed E-state index contributed by atoms with van der Waals surface area (Å²) in [6.45, 7) is 4.53. The van der Waals surface area contributed by atoms with E-state index in [9.17, 15) is 0 Å². The molecule has 0 heterocycles. The molecule has 0 radical (unpaired) electrons. The number of aryl methyl sites for hydroxylation is 2. The molecule has 2 N–H and O–H groups in total. The molecule has 0 atom stereocenters. The monoisotopic (exact) mass is 198 g/mol. The normalized spacial score (nSPS) is 8.93. The molecule has 1 rings (SSSR count). The van der Waals surface area contributed by atoms with Crippen molar-refractivity contribution in [2.24, 2.45) is 5.73 Å². The Morgan fingerprint density at radius 2 is 1.87 bits per heavy atom. The van der Waals surface area contributed by atoms with Crippen LogP contribution < -0.4 is 5.73 Å². The highest BCUT2D eigenvalue weighted by Crippen LogP contribution is 2.14. The molecule has 0 spiro atoms. The van der Waals surface area contributed by atoms with Crippen LogP contribution in [-0.2, 0) is 0 Å². The van der Waals surface area contributed by atoms with Crippen molar-refractivity contribution in [3.8, 4) is 17.9 Å². The molecule has 2 nitrogen and oxygen atoms in total. The van der Waals surface area contributed by atoms with Gasteiger partial charge < -0.3 is 5.73 Å². The number of hydrogen-bond donors (Lipinski definition) is 1. The van der Waals surface area contributed by atoms with E-state index in [0.29, 0.717) is 18.5 Å². The predicted octanol–water partition coefficient (Wildman–Crippen LogP) is 1.88. The summed E-state index contributed by atoms with van der Waals surface area (Å²) in [4.78, 5) is 0. The molecule has 0 aliphatic carbocycles. The minimum absolute atomic E-state index is 0.585. The Morgan fingerprint density at radius 1 is 1.27 bits per heavy atom. The summed E-state index contributed by atoms with van der Waals surface area (Å²) in [5, 5.41) is 8.79. The maximum atomic E-state index is 8.79. The molecule has 0 bridgehead atoms. The molecule has 0 saturated heterocycles. The van der Waals surface area contributed by atoms with Crippen molar-refractivity contribution in [2.75, 3.05) is 6.54 Å². The summed E-state index contributed by atoms with van der Waals surface area (Å²) in [5.74, 6) is 6.11. The molecule has 0 aliphatic heterocycles. The maximum Gasteiger partial charge on any atom is 0.0991 e. The third-order valence-corrected chi connectivity index (χ3v) is 2.14. The van der Waals surface area contributed by atoms with E-state index in [0.717, 1.165) is 16.7 Å². The smallest absolute Gasteiger partial charge is 0.0991 e. The van der Waals surface area contributed by atoms with Gasteiger partial charge in [-0.15, -0.1) is 0 Å². The first-order chi connectivity index (χ1) is 7.19. The summed E-state index contributed by atoms with van der Waals surface area (Å²) in [6.07, 6.45) is 0.707. The van der Waals surface area contributed by atoms with Gasteiger partial charge in [0.15, 0.2) is 0 Å². The van der Waals surface area contributed by atoms with Crippen molar-refractivity contribution < 1.29 is 0 Å². The van der Waals surface area contributed by atoms with Crippen molar-refractivity contribution in [2.45, 2.75) is 20.3 Å². The first-order valence-electron chi connectivity index (χ1n) is 4.89. The standard InChI is InChI=1S/C13H14N2/c1-10-7-12(9-15)8-11(2)13(10)5-3-4-6-14/h7-8H,4,6,14H2,1-2H3. The van der Waals surface area contributed by atoms with Gasteiger partial charge in [0.2, 0.25) is 0 Å². The SMILES string of the molecule is Cc1cc(C#N)cc(C)c1C#CCCN. The van der Waals surface area contributed by atoms with Crippen LogP contribution in [0.3, 0.4) is 0 Å². The minimum atomic E-state index is 0.585. The second-order valence-electron chi connectivity index (χ2n) is 3.44. The van der Waals surface area contributed by atoms with Gasteiger partial charge in [0, 0.05) is 18.5 Å². The van der Waals surface area contributed by atoms with Gasteiger partial charge in [-0.3, -0.25) is 0 Å². The van der Waals surface area contributed by atoms with E-state index in [4.69, 9.17) is 11.0 Å². The van der Waals surface area contributed by atoms with Crippen molar-refractivity contribution in [1.82, 2.24) is 0 Å². The van der Waals surface area contributed by atoms with E-state index in [1.54, 1.807) is 0 Å². The van der Waals surface area contributed by atoms with Crippen LogP contribution in [0.1, 0.15) is 28.7 Å². The molecule has 0 amide bonds. The van der Waals surface area contributed by atoms with E-state index in [1.807, 2.05) is 26.0 Å². The number of hydrogen-bond acceptors (Lipinski definition) is 2. The first-order valence-corrected chi connectivity index (χ1v) is 4.89. The zero-order chi connectivity index (χ0) is 11.3. The minimum Gasteiger partial charge on any atom is -0.330 e. The Hall–Kier alpha value is -1.77. The van der Waals surface area contributed by atoms with Crippen LogP contribution in [0.15, 0.2) is 12.1 Å². The third-order valence-electron chi connectivity index (χ3n) is 2.14. The van der Waals surface area contributed by atoms with Crippen molar-refractivity contribution in [1.29, 1.82) is 5.26 Å². The Labute approximate surface area is 90.7 Å². The van der Waals surface area contributed by atoms with Crippen molar-refractivity contribution >= 4 is 0 Å². The molecule has 2 heteroatoms. The van der Waals surface area contributed by atoms with Crippen LogP contribution in [0, 0.1) is 37.0 Å². The Morgan fingerprint density at radius 3 is 2.33 bits per heavy atom. The van der Waals surface area contributed by atoms with Crippen LogP contribution in [0.5, 0.6) is 0 Å². The molecular weight excluding hydrogens is 184 g/mol. The highest BCUT2D eigenvalue weighted by molar-refractivity contribution is 5.50. The van der Waals surface area contributed by atoms with Gasteiger partial charge in [0.1, 0.15) is 0 Å². The Kier molecular flexibility index (Phi) is 3.92. The molecule has 76 valence electrons. The van der Waals surface area contributed by atoms with Crippen LogP contribution in [-0.4, -0.2) is 6.54 Å². The number of nitrogens with two attached hydrogens (primary N) is 1. The second kappa shape index (κ2) is 5.20. The lowest BCUT2D eigenvalue weighted by Crippen LogP contribution is -1.96. The van der Waals surface area contributed by atoms with Gasteiger partial charge >= 0.3 is 0 Å². The number of nitrogens with zero attached hydrogens (tertiary/aromatic N) is 1. The third kappa shape index (κ3) is 2.84. The molecule has 0 saturated carbocycles. The predicted molar refractivity (Wildman–Crippen MR) is 61.2 cm³/mol. The van der Waals surface area contributed by atoms with E-state index >= 15 is 0 Å². The number of benzene rings is 1. The van der Waals surface area contributed by atoms with Gasteiger partial charge in [-0.25, -0.2) is 0 Å². The summed E-state index contributed by atoms with van der Waals surface area (Å²) in [5.41, 5.74) is 9.18. The Balaban J connectivity index is 3.12. The maximum absolute atomic E-state index is 8.79. The van der Waals surface area contributed by atoms with Crippen molar-refractivity contribution in [3.05, 3.63) is 34.4 Å². The average Bonchev–Trinajstić information content (AvgIpc) is 2.22. The highest BCUT2D eigenvalue weighted by atomic mass is 14.5. The lowest BCUT2D eigenvalue weighted by Gasteiger charge is -2.03. The largest absolute Gasteiger partial charge is 0.330 e. The molecule has 15 heavy (non-hydrogen) atoms. The lowest BCUT2D eigenvalue weighted by atomic mass is 10.00. The van der Waals surface area contributed by atoms with E-state index in [-0.39, 0.29) is 0 Å². The molecule has 0 unspecified atom stereocenters. The van der Waals surface area contributed by atoms with E-state index in [1.165, 1.54) is 0 Å². The Bertz CT molecular complexity index is 433. The average molecular weight is 198 g/mol. The van der Waals surface area contributed by atoms with Crippen LogP contribution >= 0.6 is 0 Å². The molecule has 1 aromatic carbocycles. The summed E-state index contributed by atoms with van der Waals surface area (Å²) < 4.78 is 0. The van der Waals surface area contributed by atoms with Gasteiger partial charge in [-0.05, 0) is 37.1 Å². The van der Waals surface area contributed by atoms with Crippen LogP contribution in [0.2, 0.25) is 0 Å². The molecule has 0 aliphatic rings. The van der Waals surface area contributed by atoms with Crippen LogP contribution in [0.25, 0.3) is 0 Å². The van der Waals surface area contributed by atoms with Gasteiger partial charge in [0.25, 0.3) is 0 Å². The number of rotatable bonds is 1. The molecule has 0 aromatic heterocycles. The zero-order valence-electron chi connectivity index (χ0n) is 9.09.